The fraction of sp³-hybridized carbons (Fsp3) is 0.353. The molecule has 1 fully saturated rings. The maximum atomic E-state index is 13.0. The molecule has 0 aliphatic heterocycles. The summed E-state index contributed by atoms with van der Waals surface area (Å²) in [4.78, 5) is 23.3. The van der Waals surface area contributed by atoms with Gasteiger partial charge in [0.05, 0.1) is 10.7 Å². The first-order chi connectivity index (χ1) is 12.3. The van der Waals surface area contributed by atoms with Crippen molar-refractivity contribution in [1.82, 2.24) is 9.78 Å². The van der Waals surface area contributed by atoms with Crippen LogP contribution in [0.5, 0.6) is 0 Å². The molecule has 1 aromatic heterocycles. The highest BCUT2D eigenvalue weighted by Crippen LogP contribution is 2.45. The Balaban J connectivity index is 1.70. The van der Waals surface area contributed by atoms with Crippen LogP contribution in [0.15, 0.2) is 24.3 Å². The van der Waals surface area contributed by atoms with Crippen molar-refractivity contribution in [2.75, 3.05) is 10.6 Å². The first kappa shape index (κ1) is 18.3. The van der Waals surface area contributed by atoms with Gasteiger partial charge in [-0.15, -0.1) is 0 Å². The Bertz CT molecular complexity index is 832. The van der Waals surface area contributed by atoms with E-state index in [0.29, 0.717) is 17.1 Å². The van der Waals surface area contributed by atoms with Gasteiger partial charge in [0, 0.05) is 24.2 Å². The highest BCUT2D eigenvalue weighted by atomic mass is 35.5. The molecular weight excluding hydrogens is 366 g/mol. The lowest BCUT2D eigenvalue weighted by molar-refractivity contribution is -0.117. The van der Waals surface area contributed by atoms with Gasteiger partial charge in [0.2, 0.25) is 11.8 Å². The molecule has 0 bridgehead atoms. The predicted molar refractivity (Wildman–Crippen MR) is 93.5 cm³/mol. The van der Waals surface area contributed by atoms with Crippen molar-refractivity contribution in [3.05, 3.63) is 40.7 Å². The van der Waals surface area contributed by atoms with Gasteiger partial charge in [-0.25, -0.2) is 8.78 Å². The molecule has 2 amide bonds. The van der Waals surface area contributed by atoms with Gasteiger partial charge in [0.15, 0.2) is 0 Å². The van der Waals surface area contributed by atoms with Crippen molar-refractivity contribution >= 4 is 34.8 Å². The molecule has 0 atom stereocenters. The predicted octanol–water partition coefficient (Wildman–Crippen LogP) is 3.95. The number of aromatic nitrogens is 2. The van der Waals surface area contributed by atoms with E-state index in [1.807, 2.05) is 0 Å². The van der Waals surface area contributed by atoms with Crippen LogP contribution >= 0.6 is 11.6 Å². The first-order valence-corrected chi connectivity index (χ1v) is 8.44. The number of carbonyl (C=O) groups excluding carboxylic acids is 2. The van der Waals surface area contributed by atoms with Gasteiger partial charge in [0.1, 0.15) is 12.2 Å². The zero-order valence-electron chi connectivity index (χ0n) is 13.9. The second kappa shape index (κ2) is 7.41. The Morgan fingerprint density at radius 3 is 2.31 bits per heavy atom. The molecule has 0 spiro atoms. The number of benzene rings is 1. The van der Waals surface area contributed by atoms with Crippen LogP contribution in [-0.2, 0) is 16.1 Å². The van der Waals surface area contributed by atoms with Crippen molar-refractivity contribution in [3.63, 3.8) is 0 Å². The summed E-state index contributed by atoms with van der Waals surface area (Å²) in [7, 11) is 0. The van der Waals surface area contributed by atoms with Gasteiger partial charge in [-0.1, -0.05) is 11.6 Å². The Labute approximate surface area is 153 Å². The van der Waals surface area contributed by atoms with E-state index in [-0.39, 0.29) is 23.4 Å². The molecule has 6 nitrogen and oxygen atoms in total. The van der Waals surface area contributed by atoms with Crippen LogP contribution in [-0.4, -0.2) is 21.6 Å². The third-order valence-corrected chi connectivity index (χ3v) is 4.30. The van der Waals surface area contributed by atoms with Crippen molar-refractivity contribution in [2.45, 2.75) is 38.7 Å². The molecule has 1 heterocycles. The number of hydrogen-bond donors (Lipinski definition) is 2. The fourth-order valence-corrected chi connectivity index (χ4v) is 3.03. The summed E-state index contributed by atoms with van der Waals surface area (Å²) < 4.78 is 27.3. The third-order valence-electron chi connectivity index (χ3n) is 3.91. The quantitative estimate of drug-likeness (QED) is 0.794. The zero-order chi connectivity index (χ0) is 18.8. The molecule has 3 rings (SSSR count). The van der Waals surface area contributed by atoms with E-state index < -0.39 is 18.0 Å². The average molecular weight is 383 g/mol. The van der Waals surface area contributed by atoms with E-state index in [2.05, 4.69) is 15.7 Å². The van der Waals surface area contributed by atoms with Crippen molar-refractivity contribution in [1.29, 1.82) is 0 Å². The largest absolute Gasteiger partial charge is 0.326 e. The molecule has 1 aliphatic carbocycles. The van der Waals surface area contributed by atoms with Crippen LogP contribution in [0.4, 0.5) is 20.2 Å². The molecule has 2 aromatic rings. The topological polar surface area (TPSA) is 76.0 Å². The SMILES string of the molecule is CC(=O)Nc1ccc(NC(=O)Cn2nc(C(F)F)c(Cl)c2C2CC2)cc1. The van der Waals surface area contributed by atoms with E-state index in [1.165, 1.54) is 11.6 Å². The number of rotatable bonds is 6. The Morgan fingerprint density at radius 1 is 1.23 bits per heavy atom. The second-order valence-electron chi connectivity index (χ2n) is 6.12. The van der Waals surface area contributed by atoms with E-state index in [4.69, 9.17) is 11.6 Å². The van der Waals surface area contributed by atoms with Crippen molar-refractivity contribution in [3.8, 4) is 0 Å². The summed E-state index contributed by atoms with van der Waals surface area (Å²) in [6.07, 6.45) is -1.09. The molecule has 26 heavy (non-hydrogen) atoms. The standard InChI is InChI=1S/C17H17ClF2N4O2/c1-9(25)21-11-4-6-12(7-5-11)22-13(26)8-24-16(10-2-3-10)14(18)15(23-24)17(19)20/h4-7,10,17H,2-3,8H2,1H3,(H,21,25)(H,22,26). The minimum Gasteiger partial charge on any atom is -0.326 e. The molecule has 0 unspecified atom stereocenters. The van der Waals surface area contributed by atoms with Gasteiger partial charge in [0.25, 0.3) is 6.43 Å². The van der Waals surface area contributed by atoms with Gasteiger partial charge < -0.3 is 10.6 Å². The number of alkyl halides is 2. The molecular formula is C17H17ClF2N4O2. The lowest BCUT2D eigenvalue weighted by atomic mass is 10.2. The Hall–Kier alpha value is -2.48. The summed E-state index contributed by atoms with van der Waals surface area (Å²) in [5, 5.41) is 9.07. The normalized spacial score (nSPS) is 13.7. The van der Waals surface area contributed by atoms with Gasteiger partial charge in [-0.05, 0) is 37.1 Å². The molecule has 0 radical (unpaired) electrons. The highest BCUT2D eigenvalue weighted by Gasteiger charge is 2.34. The molecule has 1 saturated carbocycles. The number of nitrogens with one attached hydrogen (secondary N) is 2. The van der Waals surface area contributed by atoms with Crippen LogP contribution in [0.3, 0.4) is 0 Å². The fourth-order valence-electron chi connectivity index (χ4n) is 2.66. The molecule has 0 saturated heterocycles. The van der Waals surface area contributed by atoms with Crippen LogP contribution < -0.4 is 10.6 Å². The lowest BCUT2D eigenvalue weighted by Crippen LogP contribution is -2.21. The van der Waals surface area contributed by atoms with Gasteiger partial charge >= 0.3 is 0 Å². The van der Waals surface area contributed by atoms with Gasteiger partial charge in [-0.2, -0.15) is 5.10 Å². The highest BCUT2D eigenvalue weighted by molar-refractivity contribution is 6.32. The van der Waals surface area contributed by atoms with Crippen LogP contribution in [0.2, 0.25) is 5.02 Å². The molecule has 138 valence electrons. The van der Waals surface area contributed by atoms with Gasteiger partial charge in [-0.3, -0.25) is 14.3 Å². The zero-order valence-corrected chi connectivity index (χ0v) is 14.7. The number of amides is 2. The Kier molecular flexibility index (Phi) is 5.22. The maximum Gasteiger partial charge on any atom is 0.283 e. The molecule has 1 aromatic carbocycles. The third kappa shape index (κ3) is 4.19. The second-order valence-corrected chi connectivity index (χ2v) is 6.50. The minimum atomic E-state index is -2.79. The monoisotopic (exact) mass is 382 g/mol. The molecule has 1 aliphatic rings. The summed E-state index contributed by atoms with van der Waals surface area (Å²) in [6, 6.07) is 6.55. The van der Waals surface area contributed by atoms with Crippen LogP contribution in [0.25, 0.3) is 0 Å². The number of hydrogen-bond acceptors (Lipinski definition) is 3. The first-order valence-electron chi connectivity index (χ1n) is 8.07. The summed E-state index contributed by atoms with van der Waals surface area (Å²) in [5.74, 6) is -0.522. The number of nitrogens with zero attached hydrogens (tertiary/aromatic N) is 2. The summed E-state index contributed by atoms with van der Waals surface area (Å²) >= 11 is 6.03. The smallest absolute Gasteiger partial charge is 0.283 e. The number of halogens is 3. The summed E-state index contributed by atoms with van der Waals surface area (Å²) in [5.41, 5.74) is 1.13. The number of anilines is 2. The van der Waals surface area contributed by atoms with Crippen LogP contribution in [0.1, 0.15) is 43.5 Å². The van der Waals surface area contributed by atoms with E-state index >= 15 is 0 Å². The molecule has 2 N–H and O–H groups in total. The van der Waals surface area contributed by atoms with Crippen LogP contribution in [0, 0.1) is 0 Å². The average Bonchev–Trinajstić information content (AvgIpc) is 3.33. The van der Waals surface area contributed by atoms with E-state index in [0.717, 1.165) is 12.8 Å². The minimum absolute atomic E-state index is 0.0463. The lowest BCUT2D eigenvalue weighted by Gasteiger charge is -2.09. The van der Waals surface area contributed by atoms with Crippen molar-refractivity contribution < 1.29 is 18.4 Å². The maximum absolute atomic E-state index is 13.0. The Morgan fingerprint density at radius 2 is 1.81 bits per heavy atom. The molecule has 9 heteroatoms. The van der Waals surface area contributed by atoms with Crippen molar-refractivity contribution in [2.24, 2.45) is 0 Å². The van der Waals surface area contributed by atoms with E-state index in [9.17, 15) is 18.4 Å². The van der Waals surface area contributed by atoms with E-state index in [1.54, 1.807) is 24.3 Å². The number of carbonyl (C=O) groups is 2. The summed E-state index contributed by atoms with van der Waals surface area (Å²) in [6.45, 7) is 1.20.